The summed E-state index contributed by atoms with van der Waals surface area (Å²) in [5, 5.41) is 8.69. The first-order chi connectivity index (χ1) is 6.79. The van der Waals surface area contributed by atoms with E-state index in [0.29, 0.717) is 0 Å². The summed E-state index contributed by atoms with van der Waals surface area (Å²) in [4.78, 5) is 11.5. The molecule has 1 saturated heterocycles. The van der Waals surface area contributed by atoms with Gasteiger partial charge in [0.05, 0.1) is 25.4 Å². The lowest BCUT2D eigenvalue weighted by Gasteiger charge is -2.19. The molecule has 2 atom stereocenters. The highest BCUT2D eigenvalue weighted by Gasteiger charge is 2.36. The van der Waals surface area contributed by atoms with Crippen LogP contribution in [-0.4, -0.2) is 56.1 Å². The van der Waals surface area contributed by atoms with Crippen LogP contribution in [0.25, 0.3) is 0 Å². The predicted molar refractivity (Wildman–Crippen MR) is 48.8 cm³/mol. The standard InChI is InChI=1S/C7H12FNO5S/c1-15(12,13)14-4-6-2-5(8)3-9(6)7(10)11/h5-6H,2-4H2,1H3,(H,10,11)/t5-,6-/m0/s1. The average Bonchev–Trinajstić information content (AvgIpc) is 2.42. The molecule has 0 spiro atoms. The molecule has 6 nitrogen and oxygen atoms in total. The van der Waals surface area contributed by atoms with Gasteiger partial charge in [-0.1, -0.05) is 0 Å². The average molecular weight is 241 g/mol. The van der Waals surface area contributed by atoms with Gasteiger partial charge in [-0.3, -0.25) is 9.08 Å². The van der Waals surface area contributed by atoms with Gasteiger partial charge in [0.25, 0.3) is 10.1 Å². The molecule has 0 radical (unpaired) electrons. The Bertz CT molecular complexity index is 343. The molecule has 88 valence electrons. The van der Waals surface area contributed by atoms with Crippen molar-refractivity contribution in [2.24, 2.45) is 0 Å². The zero-order valence-corrected chi connectivity index (χ0v) is 8.91. The second-order valence-electron chi connectivity index (χ2n) is 3.41. The quantitative estimate of drug-likeness (QED) is 0.706. The van der Waals surface area contributed by atoms with E-state index < -0.39 is 28.4 Å². The Balaban J connectivity index is 2.57. The van der Waals surface area contributed by atoms with Gasteiger partial charge in [0.15, 0.2) is 0 Å². The molecule has 15 heavy (non-hydrogen) atoms. The molecule has 8 heteroatoms. The highest BCUT2D eigenvalue weighted by atomic mass is 32.2. The minimum atomic E-state index is -3.62. The van der Waals surface area contributed by atoms with E-state index in [1.807, 2.05) is 0 Å². The van der Waals surface area contributed by atoms with Crippen LogP contribution in [0.2, 0.25) is 0 Å². The zero-order valence-electron chi connectivity index (χ0n) is 8.09. The second kappa shape index (κ2) is 4.31. The Morgan fingerprint density at radius 3 is 2.73 bits per heavy atom. The first-order valence-electron chi connectivity index (χ1n) is 4.27. The van der Waals surface area contributed by atoms with Crippen LogP contribution >= 0.6 is 0 Å². The molecule has 0 aromatic rings. The second-order valence-corrected chi connectivity index (χ2v) is 5.05. The summed E-state index contributed by atoms with van der Waals surface area (Å²) in [6.07, 6.45) is -1.69. The minimum absolute atomic E-state index is 0.0260. The molecule has 1 rings (SSSR count). The van der Waals surface area contributed by atoms with Gasteiger partial charge >= 0.3 is 6.09 Å². The largest absolute Gasteiger partial charge is 0.465 e. The van der Waals surface area contributed by atoms with Gasteiger partial charge in [-0.15, -0.1) is 0 Å². The van der Waals surface area contributed by atoms with E-state index in [2.05, 4.69) is 4.18 Å². The number of alkyl halides is 1. The third-order valence-corrected chi connectivity index (χ3v) is 2.65. The first kappa shape index (κ1) is 12.2. The van der Waals surface area contributed by atoms with E-state index in [-0.39, 0.29) is 19.6 Å². The Hall–Kier alpha value is -0.890. The number of likely N-dealkylation sites (tertiary alicyclic amines) is 1. The van der Waals surface area contributed by atoms with E-state index in [9.17, 15) is 17.6 Å². The van der Waals surface area contributed by atoms with Gasteiger partial charge in [0.2, 0.25) is 0 Å². The van der Waals surface area contributed by atoms with Crippen molar-refractivity contribution in [1.29, 1.82) is 0 Å². The van der Waals surface area contributed by atoms with Crippen LogP contribution in [-0.2, 0) is 14.3 Å². The summed E-state index contributed by atoms with van der Waals surface area (Å²) in [6.45, 7) is -0.557. The van der Waals surface area contributed by atoms with Crippen molar-refractivity contribution >= 4 is 16.2 Å². The summed E-state index contributed by atoms with van der Waals surface area (Å²) in [5.74, 6) is 0. The molecule has 0 unspecified atom stereocenters. The van der Waals surface area contributed by atoms with Crippen LogP contribution in [0.3, 0.4) is 0 Å². The summed E-state index contributed by atoms with van der Waals surface area (Å²) in [5.41, 5.74) is 0. The predicted octanol–water partition coefficient (Wildman–Crippen LogP) is 0.0530. The molecule has 0 aliphatic carbocycles. The molecular formula is C7H12FNO5S. The van der Waals surface area contributed by atoms with Gasteiger partial charge < -0.3 is 5.11 Å². The highest BCUT2D eigenvalue weighted by molar-refractivity contribution is 7.85. The number of hydrogen-bond donors (Lipinski definition) is 1. The number of rotatable bonds is 3. The number of halogens is 1. The topological polar surface area (TPSA) is 83.9 Å². The lowest BCUT2D eigenvalue weighted by Crippen LogP contribution is -2.37. The number of amides is 1. The van der Waals surface area contributed by atoms with Crippen LogP contribution < -0.4 is 0 Å². The fraction of sp³-hybridized carbons (Fsp3) is 0.857. The SMILES string of the molecule is CS(=O)(=O)OC[C@@H]1C[C@H](F)CN1C(=O)O. The minimum Gasteiger partial charge on any atom is -0.465 e. The van der Waals surface area contributed by atoms with Crippen molar-refractivity contribution in [3.63, 3.8) is 0 Å². The number of nitrogens with zero attached hydrogens (tertiary/aromatic N) is 1. The number of carboxylic acid groups (broad SMARTS) is 1. The molecular weight excluding hydrogens is 229 g/mol. The maximum atomic E-state index is 12.9. The molecule has 1 N–H and O–H groups in total. The molecule has 0 aromatic carbocycles. The Labute approximate surface area is 86.8 Å². The Morgan fingerprint density at radius 1 is 1.67 bits per heavy atom. The number of carbonyl (C=O) groups is 1. The lowest BCUT2D eigenvalue weighted by atomic mass is 10.2. The fourth-order valence-corrected chi connectivity index (χ4v) is 1.86. The van der Waals surface area contributed by atoms with Crippen molar-refractivity contribution in [3.8, 4) is 0 Å². The molecule has 0 bridgehead atoms. The monoisotopic (exact) mass is 241 g/mol. The smallest absolute Gasteiger partial charge is 0.407 e. The molecule has 1 heterocycles. The van der Waals surface area contributed by atoms with E-state index in [1.165, 1.54) is 0 Å². The molecule has 1 aliphatic heterocycles. The fourth-order valence-electron chi connectivity index (χ4n) is 1.45. The molecule has 1 aliphatic rings. The lowest BCUT2D eigenvalue weighted by molar-refractivity contribution is 0.123. The summed E-state index contributed by atoms with van der Waals surface area (Å²) in [6, 6.07) is -0.729. The van der Waals surface area contributed by atoms with Crippen molar-refractivity contribution in [1.82, 2.24) is 4.90 Å². The van der Waals surface area contributed by atoms with Crippen LogP contribution in [0.4, 0.5) is 9.18 Å². The van der Waals surface area contributed by atoms with Crippen LogP contribution in [0.1, 0.15) is 6.42 Å². The molecule has 1 amide bonds. The van der Waals surface area contributed by atoms with Crippen molar-refractivity contribution in [3.05, 3.63) is 0 Å². The van der Waals surface area contributed by atoms with Gasteiger partial charge in [-0.05, 0) is 0 Å². The highest BCUT2D eigenvalue weighted by Crippen LogP contribution is 2.20. The van der Waals surface area contributed by atoms with E-state index in [1.54, 1.807) is 0 Å². The Kier molecular flexibility index (Phi) is 3.50. The molecule has 1 fully saturated rings. The van der Waals surface area contributed by atoms with Gasteiger partial charge in [0.1, 0.15) is 6.17 Å². The van der Waals surface area contributed by atoms with E-state index in [0.717, 1.165) is 11.2 Å². The third kappa shape index (κ3) is 3.63. The van der Waals surface area contributed by atoms with E-state index >= 15 is 0 Å². The van der Waals surface area contributed by atoms with Crippen molar-refractivity contribution in [2.45, 2.75) is 18.6 Å². The van der Waals surface area contributed by atoms with Gasteiger partial charge in [-0.2, -0.15) is 8.42 Å². The third-order valence-electron chi connectivity index (χ3n) is 2.08. The van der Waals surface area contributed by atoms with Crippen LogP contribution in [0.5, 0.6) is 0 Å². The van der Waals surface area contributed by atoms with E-state index in [4.69, 9.17) is 5.11 Å². The summed E-state index contributed by atoms with van der Waals surface area (Å²) in [7, 11) is -3.62. The Morgan fingerprint density at radius 2 is 2.27 bits per heavy atom. The van der Waals surface area contributed by atoms with Crippen molar-refractivity contribution in [2.75, 3.05) is 19.4 Å². The first-order valence-corrected chi connectivity index (χ1v) is 6.09. The van der Waals surface area contributed by atoms with Crippen LogP contribution in [0, 0.1) is 0 Å². The maximum Gasteiger partial charge on any atom is 0.407 e. The number of hydrogen-bond acceptors (Lipinski definition) is 4. The van der Waals surface area contributed by atoms with Gasteiger partial charge in [0, 0.05) is 6.42 Å². The molecule has 0 aromatic heterocycles. The van der Waals surface area contributed by atoms with Crippen LogP contribution in [0.15, 0.2) is 0 Å². The summed E-state index contributed by atoms with van der Waals surface area (Å²) >= 11 is 0. The normalized spacial score (nSPS) is 26.9. The van der Waals surface area contributed by atoms with Crippen molar-refractivity contribution < 1.29 is 26.9 Å². The molecule has 0 saturated carbocycles. The van der Waals surface area contributed by atoms with Gasteiger partial charge in [-0.25, -0.2) is 9.18 Å². The maximum absolute atomic E-state index is 12.9. The zero-order chi connectivity index (χ0) is 11.6. The summed E-state index contributed by atoms with van der Waals surface area (Å²) < 4.78 is 38.7.